The van der Waals surface area contributed by atoms with Crippen LogP contribution < -0.4 is 0 Å². The summed E-state index contributed by atoms with van der Waals surface area (Å²) in [6.07, 6.45) is 5.44. The second-order valence-electron chi connectivity index (χ2n) is 4.47. The summed E-state index contributed by atoms with van der Waals surface area (Å²) < 4.78 is 0. The Bertz CT molecular complexity index is 716. The minimum absolute atomic E-state index is 0.885. The molecule has 0 N–H and O–H groups in total. The second kappa shape index (κ2) is 5.49. The molecule has 2 nitrogen and oxygen atoms in total. The summed E-state index contributed by atoms with van der Waals surface area (Å²) in [6, 6.07) is 18.2. The molecule has 1 aromatic carbocycles. The highest BCUT2D eigenvalue weighted by molar-refractivity contribution is 5.69. The van der Waals surface area contributed by atoms with Crippen LogP contribution in [0.4, 0.5) is 0 Å². The Balaban J connectivity index is 2.00. The van der Waals surface area contributed by atoms with E-state index in [9.17, 15) is 0 Å². The standard InChI is InChI=1S/C18H14N2/c1-2-14-6-8-15(9-7-14)16-10-12-20-18(13-16)17-5-3-4-11-19-17/h2-13H,1H2. The fraction of sp³-hybridized carbons (Fsp3) is 0. The average Bonchev–Trinajstić information content (AvgIpc) is 2.56. The van der Waals surface area contributed by atoms with Gasteiger partial charge in [-0.2, -0.15) is 0 Å². The zero-order valence-corrected chi connectivity index (χ0v) is 11.0. The quantitative estimate of drug-likeness (QED) is 0.693. The molecule has 0 amide bonds. The number of nitrogens with zero attached hydrogens (tertiary/aromatic N) is 2. The Hall–Kier alpha value is -2.74. The third kappa shape index (κ3) is 2.50. The summed E-state index contributed by atoms with van der Waals surface area (Å²) in [5, 5.41) is 0. The molecule has 3 aromatic rings. The minimum atomic E-state index is 0.885. The lowest BCUT2D eigenvalue weighted by molar-refractivity contribution is 1.25. The summed E-state index contributed by atoms with van der Waals surface area (Å²) in [6.45, 7) is 3.77. The minimum Gasteiger partial charge on any atom is -0.255 e. The maximum absolute atomic E-state index is 4.39. The molecule has 20 heavy (non-hydrogen) atoms. The Kier molecular flexibility index (Phi) is 3.38. The molecule has 2 aromatic heterocycles. The van der Waals surface area contributed by atoms with E-state index in [-0.39, 0.29) is 0 Å². The van der Waals surface area contributed by atoms with Gasteiger partial charge in [0.05, 0.1) is 11.4 Å². The van der Waals surface area contributed by atoms with E-state index in [0.717, 1.165) is 28.1 Å². The molecule has 0 saturated carbocycles. The molecule has 0 radical (unpaired) electrons. The van der Waals surface area contributed by atoms with Crippen molar-refractivity contribution in [3.05, 3.63) is 79.1 Å². The second-order valence-corrected chi connectivity index (χ2v) is 4.47. The molecule has 0 bridgehead atoms. The molecule has 0 atom stereocenters. The molecule has 3 rings (SSSR count). The number of pyridine rings is 2. The monoisotopic (exact) mass is 258 g/mol. The first kappa shape index (κ1) is 12.3. The van der Waals surface area contributed by atoms with Crippen LogP contribution in [-0.4, -0.2) is 9.97 Å². The highest BCUT2D eigenvalue weighted by Gasteiger charge is 2.03. The lowest BCUT2D eigenvalue weighted by Crippen LogP contribution is -1.87. The maximum atomic E-state index is 4.39. The van der Waals surface area contributed by atoms with Crippen LogP contribution in [0, 0.1) is 0 Å². The van der Waals surface area contributed by atoms with Crippen LogP contribution in [0.2, 0.25) is 0 Å². The lowest BCUT2D eigenvalue weighted by atomic mass is 10.0. The molecular formula is C18H14N2. The van der Waals surface area contributed by atoms with Crippen LogP contribution in [0.15, 0.2) is 73.6 Å². The summed E-state index contributed by atoms with van der Waals surface area (Å²) in [4.78, 5) is 8.73. The van der Waals surface area contributed by atoms with Gasteiger partial charge in [0.25, 0.3) is 0 Å². The average molecular weight is 258 g/mol. The first-order chi connectivity index (χ1) is 9.86. The molecule has 0 fully saturated rings. The maximum Gasteiger partial charge on any atom is 0.0892 e. The summed E-state index contributed by atoms with van der Waals surface area (Å²) in [5.41, 5.74) is 5.19. The van der Waals surface area contributed by atoms with Crippen LogP contribution in [0.3, 0.4) is 0 Å². The zero-order valence-electron chi connectivity index (χ0n) is 11.0. The highest BCUT2D eigenvalue weighted by Crippen LogP contribution is 2.23. The van der Waals surface area contributed by atoms with Crippen molar-refractivity contribution in [2.75, 3.05) is 0 Å². The van der Waals surface area contributed by atoms with Gasteiger partial charge in [-0.1, -0.05) is 43.0 Å². The van der Waals surface area contributed by atoms with Gasteiger partial charge in [-0.25, -0.2) is 0 Å². The van der Waals surface area contributed by atoms with Crippen molar-refractivity contribution in [1.82, 2.24) is 9.97 Å². The van der Waals surface area contributed by atoms with E-state index in [1.165, 1.54) is 0 Å². The van der Waals surface area contributed by atoms with Crippen LogP contribution in [0.1, 0.15) is 5.56 Å². The Morgan fingerprint density at radius 1 is 0.750 bits per heavy atom. The fourth-order valence-electron chi connectivity index (χ4n) is 2.08. The van der Waals surface area contributed by atoms with Crippen LogP contribution in [0.25, 0.3) is 28.6 Å². The normalized spacial score (nSPS) is 10.2. The molecule has 0 unspecified atom stereocenters. The van der Waals surface area contributed by atoms with Gasteiger partial charge in [0.1, 0.15) is 0 Å². The molecule has 96 valence electrons. The first-order valence-electron chi connectivity index (χ1n) is 6.47. The van der Waals surface area contributed by atoms with Crippen LogP contribution in [-0.2, 0) is 0 Å². The lowest BCUT2D eigenvalue weighted by Gasteiger charge is -2.05. The van der Waals surface area contributed by atoms with E-state index < -0.39 is 0 Å². The molecule has 2 heteroatoms. The highest BCUT2D eigenvalue weighted by atomic mass is 14.8. The van der Waals surface area contributed by atoms with Gasteiger partial charge in [-0.3, -0.25) is 9.97 Å². The summed E-state index contributed by atoms with van der Waals surface area (Å²) in [5.74, 6) is 0. The number of rotatable bonds is 3. The molecule has 0 spiro atoms. The van der Waals surface area contributed by atoms with Gasteiger partial charge in [0.2, 0.25) is 0 Å². The van der Waals surface area contributed by atoms with Gasteiger partial charge in [0, 0.05) is 12.4 Å². The number of aromatic nitrogens is 2. The SMILES string of the molecule is C=Cc1ccc(-c2ccnc(-c3ccccn3)c2)cc1. The molecule has 2 heterocycles. The van der Waals surface area contributed by atoms with E-state index in [4.69, 9.17) is 0 Å². The first-order valence-corrected chi connectivity index (χ1v) is 6.47. The van der Waals surface area contributed by atoms with E-state index in [1.54, 1.807) is 6.20 Å². The Labute approximate surface area is 118 Å². The fourth-order valence-corrected chi connectivity index (χ4v) is 2.08. The zero-order chi connectivity index (χ0) is 13.8. The molecular weight excluding hydrogens is 244 g/mol. The van der Waals surface area contributed by atoms with E-state index >= 15 is 0 Å². The van der Waals surface area contributed by atoms with E-state index in [0.29, 0.717) is 0 Å². The van der Waals surface area contributed by atoms with Crippen molar-refractivity contribution >= 4 is 6.08 Å². The Morgan fingerprint density at radius 3 is 2.25 bits per heavy atom. The summed E-state index contributed by atoms with van der Waals surface area (Å²) in [7, 11) is 0. The van der Waals surface area contributed by atoms with Gasteiger partial charge in [-0.15, -0.1) is 0 Å². The third-order valence-electron chi connectivity index (χ3n) is 3.17. The van der Waals surface area contributed by atoms with Crippen molar-refractivity contribution < 1.29 is 0 Å². The predicted octanol–water partition coefficient (Wildman–Crippen LogP) is 4.45. The van der Waals surface area contributed by atoms with Crippen molar-refractivity contribution in [3.63, 3.8) is 0 Å². The Morgan fingerprint density at radius 2 is 1.55 bits per heavy atom. The van der Waals surface area contributed by atoms with E-state index in [2.05, 4.69) is 46.9 Å². The smallest absolute Gasteiger partial charge is 0.0892 e. The third-order valence-corrected chi connectivity index (χ3v) is 3.17. The molecule has 0 aliphatic carbocycles. The van der Waals surface area contributed by atoms with Crippen LogP contribution in [0.5, 0.6) is 0 Å². The van der Waals surface area contributed by atoms with Crippen molar-refractivity contribution in [1.29, 1.82) is 0 Å². The van der Waals surface area contributed by atoms with Crippen LogP contribution >= 0.6 is 0 Å². The van der Waals surface area contributed by atoms with Crippen molar-refractivity contribution in [2.24, 2.45) is 0 Å². The number of hydrogen-bond donors (Lipinski definition) is 0. The predicted molar refractivity (Wildman–Crippen MR) is 83.0 cm³/mol. The van der Waals surface area contributed by atoms with Gasteiger partial charge >= 0.3 is 0 Å². The van der Waals surface area contributed by atoms with Gasteiger partial charge < -0.3 is 0 Å². The molecule has 0 saturated heterocycles. The van der Waals surface area contributed by atoms with Gasteiger partial charge in [-0.05, 0) is 41.0 Å². The number of benzene rings is 1. The summed E-state index contributed by atoms with van der Waals surface area (Å²) >= 11 is 0. The van der Waals surface area contributed by atoms with Crippen molar-refractivity contribution in [2.45, 2.75) is 0 Å². The topological polar surface area (TPSA) is 25.8 Å². The number of hydrogen-bond acceptors (Lipinski definition) is 2. The molecule has 0 aliphatic heterocycles. The molecule has 0 aliphatic rings. The van der Waals surface area contributed by atoms with E-state index in [1.807, 2.05) is 36.5 Å². The largest absolute Gasteiger partial charge is 0.255 e. The van der Waals surface area contributed by atoms with Gasteiger partial charge in [0.15, 0.2) is 0 Å². The van der Waals surface area contributed by atoms with Crippen molar-refractivity contribution in [3.8, 4) is 22.5 Å².